The van der Waals surface area contributed by atoms with Crippen molar-refractivity contribution in [1.82, 2.24) is 0 Å². The predicted molar refractivity (Wildman–Crippen MR) is 57.2 cm³/mol. The molecule has 0 aromatic heterocycles. The first kappa shape index (κ1) is 11.3. The van der Waals surface area contributed by atoms with Crippen LogP contribution in [0.2, 0.25) is 0 Å². The van der Waals surface area contributed by atoms with Gasteiger partial charge in [0.2, 0.25) is 0 Å². The zero-order valence-electron chi connectivity index (χ0n) is 9.17. The summed E-state index contributed by atoms with van der Waals surface area (Å²) in [6.45, 7) is 0. The van der Waals surface area contributed by atoms with E-state index in [2.05, 4.69) is 0 Å². The van der Waals surface area contributed by atoms with Crippen LogP contribution in [0.1, 0.15) is 30.9 Å². The molecule has 2 nitrogen and oxygen atoms in total. The van der Waals surface area contributed by atoms with Crippen LogP contribution in [0, 0.1) is 17.6 Å². The second kappa shape index (κ2) is 4.37. The highest BCUT2D eigenvalue weighted by Crippen LogP contribution is 2.38. The quantitative estimate of drug-likeness (QED) is 0.858. The number of hydrogen-bond donors (Lipinski definition) is 1. The Morgan fingerprint density at radius 2 is 1.94 bits per heavy atom. The molecule has 2 rings (SSSR count). The Morgan fingerprint density at radius 1 is 1.38 bits per heavy atom. The Morgan fingerprint density at radius 3 is 2.38 bits per heavy atom. The first-order valence-electron chi connectivity index (χ1n) is 5.40. The molecule has 88 valence electrons. The van der Waals surface area contributed by atoms with Gasteiger partial charge in [-0.15, -0.1) is 0 Å². The second-order valence-corrected chi connectivity index (χ2v) is 4.29. The van der Waals surface area contributed by atoms with Crippen LogP contribution in [-0.4, -0.2) is 7.11 Å². The Hall–Kier alpha value is -1.16. The number of hydrogen-bond acceptors (Lipinski definition) is 2. The van der Waals surface area contributed by atoms with Gasteiger partial charge in [-0.2, -0.15) is 0 Å². The van der Waals surface area contributed by atoms with Crippen LogP contribution in [0.3, 0.4) is 0 Å². The van der Waals surface area contributed by atoms with Crippen molar-refractivity contribution in [3.63, 3.8) is 0 Å². The number of halogens is 2. The molecule has 0 aliphatic heterocycles. The highest BCUT2D eigenvalue weighted by atomic mass is 19.1. The van der Waals surface area contributed by atoms with E-state index in [4.69, 9.17) is 10.5 Å². The molecule has 1 fully saturated rings. The SMILES string of the molecule is COc1cc(F)c([C@@H](N)CC2CC2)c(F)c1. The first-order valence-corrected chi connectivity index (χ1v) is 5.40. The van der Waals surface area contributed by atoms with Crippen molar-refractivity contribution in [3.05, 3.63) is 29.3 Å². The summed E-state index contributed by atoms with van der Waals surface area (Å²) >= 11 is 0. The fraction of sp³-hybridized carbons (Fsp3) is 0.500. The van der Waals surface area contributed by atoms with Gasteiger partial charge in [0.05, 0.1) is 7.11 Å². The van der Waals surface area contributed by atoms with Gasteiger partial charge in [0, 0.05) is 23.7 Å². The maximum atomic E-state index is 13.6. The highest BCUT2D eigenvalue weighted by molar-refractivity contribution is 5.32. The van der Waals surface area contributed by atoms with Gasteiger partial charge in [-0.3, -0.25) is 0 Å². The van der Waals surface area contributed by atoms with Gasteiger partial charge in [0.1, 0.15) is 17.4 Å². The molecule has 1 atom stereocenters. The number of nitrogens with two attached hydrogens (primary N) is 1. The smallest absolute Gasteiger partial charge is 0.134 e. The zero-order valence-corrected chi connectivity index (χ0v) is 9.17. The fourth-order valence-electron chi connectivity index (χ4n) is 1.86. The van der Waals surface area contributed by atoms with Crippen molar-refractivity contribution in [2.45, 2.75) is 25.3 Å². The van der Waals surface area contributed by atoms with Gasteiger partial charge < -0.3 is 10.5 Å². The van der Waals surface area contributed by atoms with E-state index in [1.165, 1.54) is 19.2 Å². The van der Waals surface area contributed by atoms with Crippen LogP contribution >= 0.6 is 0 Å². The minimum absolute atomic E-state index is 0.0206. The molecular formula is C12H15F2NO. The number of benzene rings is 1. The molecule has 4 heteroatoms. The summed E-state index contributed by atoms with van der Waals surface area (Å²) in [5.41, 5.74) is 5.79. The standard InChI is InChI=1S/C12H15F2NO/c1-16-8-5-9(13)12(10(14)6-8)11(15)4-7-2-3-7/h5-7,11H,2-4,15H2,1H3/t11-/m0/s1. The zero-order chi connectivity index (χ0) is 11.7. The molecule has 1 aliphatic carbocycles. The minimum Gasteiger partial charge on any atom is -0.497 e. The third-order valence-corrected chi connectivity index (χ3v) is 2.94. The molecule has 0 amide bonds. The summed E-state index contributed by atoms with van der Waals surface area (Å²) in [6.07, 6.45) is 2.89. The van der Waals surface area contributed by atoms with Crippen molar-refractivity contribution >= 4 is 0 Å². The van der Waals surface area contributed by atoms with Crippen molar-refractivity contribution < 1.29 is 13.5 Å². The van der Waals surface area contributed by atoms with Gasteiger partial charge in [0.15, 0.2) is 0 Å². The summed E-state index contributed by atoms with van der Waals surface area (Å²) in [5, 5.41) is 0. The van der Waals surface area contributed by atoms with Gasteiger partial charge in [0.25, 0.3) is 0 Å². The molecular weight excluding hydrogens is 212 g/mol. The molecule has 0 saturated heterocycles. The average molecular weight is 227 g/mol. The first-order chi connectivity index (χ1) is 7.61. The number of rotatable bonds is 4. The Kier molecular flexibility index (Phi) is 3.10. The molecule has 0 radical (unpaired) electrons. The van der Waals surface area contributed by atoms with Gasteiger partial charge in [-0.25, -0.2) is 8.78 Å². The van der Waals surface area contributed by atoms with Crippen molar-refractivity contribution in [2.24, 2.45) is 11.7 Å². The highest BCUT2D eigenvalue weighted by Gasteiger charge is 2.27. The van der Waals surface area contributed by atoms with E-state index in [0.717, 1.165) is 12.8 Å². The molecule has 0 bridgehead atoms. The Bertz CT molecular complexity index is 368. The van der Waals surface area contributed by atoms with Gasteiger partial charge in [-0.1, -0.05) is 12.8 Å². The summed E-state index contributed by atoms with van der Waals surface area (Å²) in [7, 11) is 1.37. The lowest BCUT2D eigenvalue weighted by Crippen LogP contribution is -2.15. The molecule has 0 heterocycles. The average Bonchev–Trinajstić information content (AvgIpc) is 3.00. The van der Waals surface area contributed by atoms with E-state index in [9.17, 15) is 8.78 Å². The summed E-state index contributed by atoms with van der Waals surface area (Å²) in [6, 6.07) is 1.79. The normalized spacial score (nSPS) is 17.2. The summed E-state index contributed by atoms with van der Waals surface area (Å²) < 4.78 is 32.0. The van der Waals surface area contributed by atoms with Crippen LogP contribution in [0.5, 0.6) is 5.75 Å². The van der Waals surface area contributed by atoms with Crippen molar-refractivity contribution in [3.8, 4) is 5.75 Å². The lowest BCUT2D eigenvalue weighted by Gasteiger charge is -2.14. The number of methoxy groups -OCH3 is 1. The third kappa shape index (κ3) is 2.32. The van der Waals surface area contributed by atoms with E-state index < -0.39 is 17.7 Å². The maximum absolute atomic E-state index is 13.6. The molecule has 0 spiro atoms. The van der Waals surface area contributed by atoms with E-state index in [0.29, 0.717) is 12.3 Å². The van der Waals surface area contributed by atoms with Crippen LogP contribution < -0.4 is 10.5 Å². The van der Waals surface area contributed by atoms with Crippen molar-refractivity contribution in [2.75, 3.05) is 7.11 Å². The Balaban J connectivity index is 2.24. The monoisotopic (exact) mass is 227 g/mol. The topological polar surface area (TPSA) is 35.2 Å². The molecule has 0 unspecified atom stereocenters. The van der Waals surface area contributed by atoms with Crippen LogP contribution in [0.15, 0.2) is 12.1 Å². The molecule has 16 heavy (non-hydrogen) atoms. The van der Waals surface area contributed by atoms with Crippen LogP contribution in [-0.2, 0) is 0 Å². The lowest BCUT2D eigenvalue weighted by molar-refractivity contribution is 0.402. The van der Waals surface area contributed by atoms with Gasteiger partial charge >= 0.3 is 0 Å². The summed E-state index contributed by atoms with van der Waals surface area (Å²) in [4.78, 5) is 0. The summed E-state index contributed by atoms with van der Waals surface area (Å²) in [5.74, 6) is -0.525. The predicted octanol–water partition coefficient (Wildman–Crippen LogP) is 2.77. The van der Waals surface area contributed by atoms with E-state index in [1.54, 1.807) is 0 Å². The molecule has 1 aromatic carbocycles. The van der Waals surface area contributed by atoms with E-state index in [1.807, 2.05) is 0 Å². The molecule has 1 aromatic rings. The Labute approximate surface area is 93.4 Å². The molecule has 1 aliphatic rings. The third-order valence-electron chi connectivity index (χ3n) is 2.94. The fourth-order valence-corrected chi connectivity index (χ4v) is 1.86. The second-order valence-electron chi connectivity index (χ2n) is 4.29. The van der Waals surface area contributed by atoms with Crippen LogP contribution in [0.4, 0.5) is 8.78 Å². The minimum atomic E-state index is -0.620. The van der Waals surface area contributed by atoms with Crippen molar-refractivity contribution in [1.29, 1.82) is 0 Å². The van der Waals surface area contributed by atoms with Crippen LogP contribution in [0.25, 0.3) is 0 Å². The lowest BCUT2D eigenvalue weighted by atomic mass is 10.0. The molecule has 1 saturated carbocycles. The van der Waals surface area contributed by atoms with E-state index >= 15 is 0 Å². The van der Waals surface area contributed by atoms with E-state index in [-0.39, 0.29) is 11.3 Å². The van der Waals surface area contributed by atoms with Gasteiger partial charge in [-0.05, 0) is 12.3 Å². The molecule has 2 N–H and O–H groups in total. The number of ether oxygens (including phenoxy) is 1. The largest absolute Gasteiger partial charge is 0.497 e. The maximum Gasteiger partial charge on any atom is 0.134 e.